The zero-order valence-electron chi connectivity index (χ0n) is 22.4. The fourth-order valence-corrected chi connectivity index (χ4v) is 4.83. The number of methoxy groups -OCH3 is 2. The van der Waals surface area contributed by atoms with Crippen LogP contribution in [0, 0.1) is 0 Å². The normalized spacial score (nSPS) is 11.5. The number of para-hydroxylation sites is 1. The summed E-state index contributed by atoms with van der Waals surface area (Å²) in [5, 5.41) is 3.22. The van der Waals surface area contributed by atoms with E-state index in [0.717, 1.165) is 39.8 Å². The van der Waals surface area contributed by atoms with Gasteiger partial charge in [-0.15, -0.1) is 0 Å². The highest BCUT2D eigenvalue weighted by atomic mass is 32.2. The van der Waals surface area contributed by atoms with Gasteiger partial charge in [0.05, 0.1) is 30.9 Å². The Bertz CT molecular complexity index is 1490. The average molecular weight is 552 g/mol. The quantitative estimate of drug-likeness (QED) is 0.173. The minimum atomic E-state index is -0.404. The van der Waals surface area contributed by atoms with Crippen molar-refractivity contribution in [1.29, 1.82) is 0 Å². The number of hydrogen-bond acceptors (Lipinski definition) is 6. The molecule has 2 N–H and O–H groups in total. The van der Waals surface area contributed by atoms with E-state index in [2.05, 4.69) is 10.3 Å². The zero-order chi connectivity index (χ0) is 27.9. The number of aromatic amines is 1. The van der Waals surface area contributed by atoms with Crippen LogP contribution in [0.25, 0.3) is 22.5 Å². The number of hydrogen-bond donors (Lipinski definition) is 2. The van der Waals surface area contributed by atoms with Gasteiger partial charge in [-0.2, -0.15) is 0 Å². The van der Waals surface area contributed by atoms with Crippen LogP contribution < -0.4 is 19.5 Å². The summed E-state index contributed by atoms with van der Waals surface area (Å²) in [5.41, 5.74) is 4.23. The lowest BCUT2D eigenvalue weighted by atomic mass is 10.0. The van der Waals surface area contributed by atoms with E-state index in [1.54, 1.807) is 14.2 Å². The Labute approximate surface area is 237 Å². The molecule has 0 aliphatic heterocycles. The number of rotatable bonds is 10. The van der Waals surface area contributed by atoms with Gasteiger partial charge >= 0.3 is 0 Å². The first-order valence-corrected chi connectivity index (χ1v) is 13.6. The van der Waals surface area contributed by atoms with E-state index in [1.807, 2.05) is 110 Å². The van der Waals surface area contributed by atoms with E-state index in [1.165, 1.54) is 11.8 Å². The first-order valence-electron chi connectivity index (χ1n) is 12.7. The van der Waals surface area contributed by atoms with Gasteiger partial charge in [0.25, 0.3) is 0 Å². The highest BCUT2D eigenvalue weighted by Gasteiger charge is 2.20. The summed E-state index contributed by atoms with van der Waals surface area (Å²) in [6.45, 7) is 1.86. The van der Waals surface area contributed by atoms with Gasteiger partial charge < -0.3 is 24.5 Å². The monoisotopic (exact) mass is 551 g/mol. The predicted molar refractivity (Wildman–Crippen MR) is 159 cm³/mol. The van der Waals surface area contributed by atoms with E-state index in [-0.39, 0.29) is 5.91 Å². The van der Waals surface area contributed by atoms with Gasteiger partial charge in [0.1, 0.15) is 23.0 Å². The SMILES string of the molecule is COc1ccc(-c2nc(SC(C)C(=O)Nc3ccc(Oc4ccccc4)cc3)[nH]c2-c2ccc(OC)cc2)cc1. The number of anilines is 1. The number of carbonyl (C=O) groups excluding carboxylic acids is 1. The lowest BCUT2D eigenvalue weighted by Crippen LogP contribution is -2.22. The van der Waals surface area contributed by atoms with Crippen LogP contribution in [0.3, 0.4) is 0 Å². The molecule has 5 aromatic rings. The fraction of sp³-hybridized carbons (Fsp3) is 0.125. The van der Waals surface area contributed by atoms with Gasteiger partial charge in [0.15, 0.2) is 5.16 Å². The lowest BCUT2D eigenvalue weighted by Gasteiger charge is -2.11. The van der Waals surface area contributed by atoms with Crippen molar-refractivity contribution >= 4 is 23.4 Å². The Morgan fingerprint density at radius 1 is 0.750 bits per heavy atom. The van der Waals surface area contributed by atoms with Gasteiger partial charge in [-0.3, -0.25) is 4.79 Å². The number of thioether (sulfide) groups is 1. The summed E-state index contributed by atoms with van der Waals surface area (Å²) < 4.78 is 16.5. The number of ether oxygens (including phenoxy) is 3. The van der Waals surface area contributed by atoms with E-state index in [4.69, 9.17) is 19.2 Å². The maximum atomic E-state index is 13.0. The Kier molecular flexibility index (Phi) is 8.37. The smallest absolute Gasteiger partial charge is 0.237 e. The number of aromatic nitrogens is 2. The number of benzene rings is 4. The van der Waals surface area contributed by atoms with Crippen molar-refractivity contribution < 1.29 is 19.0 Å². The topological polar surface area (TPSA) is 85.5 Å². The van der Waals surface area contributed by atoms with Gasteiger partial charge in [-0.05, 0) is 91.9 Å². The fourth-order valence-electron chi connectivity index (χ4n) is 4.03. The molecule has 0 spiro atoms. The van der Waals surface area contributed by atoms with Crippen molar-refractivity contribution in [3.8, 4) is 45.5 Å². The largest absolute Gasteiger partial charge is 0.497 e. The molecule has 40 heavy (non-hydrogen) atoms. The molecule has 5 rings (SSSR count). The van der Waals surface area contributed by atoms with E-state index in [9.17, 15) is 4.79 Å². The van der Waals surface area contributed by atoms with Crippen LogP contribution in [-0.4, -0.2) is 35.3 Å². The number of amides is 1. The minimum absolute atomic E-state index is 0.130. The second kappa shape index (κ2) is 12.4. The summed E-state index contributed by atoms with van der Waals surface area (Å²) in [4.78, 5) is 21.3. The van der Waals surface area contributed by atoms with Crippen molar-refractivity contribution in [2.75, 3.05) is 19.5 Å². The Morgan fingerprint density at radius 3 is 1.90 bits per heavy atom. The summed E-state index contributed by atoms with van der Waals surface area (Å²) in [6, 6.07) is 32.4. The lowest BCUT2D eigenvalue weighted by molar-refractivity contribution is -0.115. The summed E-state index contributed by atoms with van der Waals surface area (Å²) in [6.07, 6.45) is 0. The molecule has 0 bridgehead atoms. The molecule has 0 aliphatic rings. The van der Waals surface area contributed by atoms with Crippen molar-refractivity contribution in [1.82, 2.24) is 9.97 Å². The van der Waals surface area contributed by atoms with E-state index >= 15 is 0 Å². The molecule has 7 nitrogen and oxygen atoms in total. The van der Waals surface area contributed by atoms with Gasteiger partial charge in [-0.25, -0.2) is 4.98 Å². The van der Waals surface area contributed by atoms with Crippen LogP contribution >= 0.6 is 11.8 Å². The third-order valence-corrected chi connectivity index (χ3v) is 7.17. The predicted octanol–water partition coefficient (Wildman–Crippen LogP) is 7.67. The van der Waals surface area contributed by atoms with Gasteiger partial charge in [0, 0.05) is 16.8 Å². The molecule has 1 aromatic heterocycles. The molecule has 1 heterocycles. The maximum Gasteiger partial charge on any atom is 0.237 e. The van der Waals surface area contributed by atoms with Crippen molar-refractivity contribution in [3.63, 3.8) is 0 Å². The molecule has 1 unspecified atom stereocenters. The highest BCUT2D eigenvalue weighted by molar-refractivity contribution is 8.00. The molecule has 1 atom stereocenters. The molecule has 202 valence electrons. The van der Waals surface area contributed by atoms with Crippen LogP contribution in [-0.2, 0) is 4.79 Å². The maximum absolute atomic E-state index is 13.0. The molecule has 0 aliphatic carbocycles. The molecule has 0 fully saturated rings. The molecule has 0 saturated heterocycles. The Morgan fingerprint density at radius 2 is 1.30 bits per heavy atom. The Hall–Kier alpha value is -4.69. The minimum Gasteiger partial charge on any atom is -0.497 e. The number of imidazole rings is 1. The molecule has 0 saturated carbocycles. The van der Waals surface area contributed by atoms with E-state index < -0.39 is 5.25 Å². The first-order chi connectivity index (χ1) is 19.5. The van der Waals surface area contributed by atoms with Crippen LogP contribution in [0.2, 0.25) is 0 Å². The van der Waals surface area contributed by atoms with Crippen molar-refractivity contribution in [2.24, 2.45) is 0 Å². The average Bonchev–Trinajstić information content (AvgIpc) is 3.42. The van der Waals surface area contributed by atoms with Crippen LogP contribution in [0.15, 0.2) is 108 Å². The molecule has 1 amide bonds. The van der Waals surface area contributed by atoms with Crippen LogP contribution in [0.1, 0.15) is 6.92 Å². The third-order valence-electron chi connectivity index (χ3n) is 6.18. The zero-order valence-corrected chi connectivity index (χ0v) is 23.2. The standard InChI is InChI=1S/C32H29N3O4S/c1-21(31(36)33-24-13-19-28(20-14-24)39-27-7-5-4-6-8-27)40-32-34-29(22-9-15-25(37-2)16-10-22)30(35-32)23-11-17-26(38-3)18-12-23/h4-21H,1-3H3,(H,33,36)(H,34,35). The molecule has 8 heteroatoms. The second-order valence-corrected chi connectivity index (χ2v) is 10.2. The second-order valence-electron chi connectivity index (χ2n) is 8.91. The third kappa shape index (κ3) is 6.47. The molecular formula is C32H29N3O4S. The van der Waals surface area contributed by atoms with Crippen LogP contribution in [0.5, 0.6) is 23.0 Å². The van der Waals surface area contributed by atoms with E-state index in [0.29, 0.717) is 16.6 Å². The van der Waals surface area contributed by atoms with Crippen molar-refractivity contribution in [2.45, 2.75) is 17.3 Å². The van der Waals surface area contributed by atoms with Gasteiger partial charge in [0.2, 0.25) is 5.91 Å². The molecular weight excluding hydrogens is 522 g/mol. The summed E-state index contributed by atoms with van der Waals surface area (Å²) >= 11 is 1.36. The van der Waals surface area contributed by atoms with Gasteiger partial charge in [-0.1, -0.05) is 30.0 Å². The summed E-state index contributed by atoms with van der Waals surface area (Å²) in [5.74, 6) is 2.86. The Balaban J connectivity index is 1.31. The molecule has 4 aromatic carbocycles. The number of carbonyl (C=O) groups is 1. The molecule has 0 radical (unpaired) electrons. The number of H-pyrrole nitrogens is 1. The summed E-state index contributed by atoms with van der Waals surface area (Å²) in [7, 11) is 3.28. The first kappa shape index (κ1) is 26.9. The van der Waals surface area contributed by atoms with Crippen molar-refractivity contribution in [3.05, 3.63) is 103 Å². The van der Waals surface area contributed by atoms with Crippen LogP contribution in [0.4, 0.5) is 5.69 Å². The number of nitrogens with one attached hydrogen (secondary N) is 2. The highest BCUT2D eigenvalue weighted by Crippen LogP contribution is 2.35. The number of nitrogens with zero attached hydrogens (tertiary/aromatic N) is 1.